The molecule has 0 saturated carbocycles. The van der Waals surface area contributed by atoms with Crippen molar-refractivity contribution in [2.75, 3.05) is 0 Å². The van der Waals surface area contributed by atoms with Crippen molar-refractivity contribution in [3.8, 4) is 5.75 Å². The molecule has 13 heavy (non-hydrogen) atoms. The molecule has 0 aliphatic heterocycles. The summed E-state index contributed by atoms with van der Waals surface area (Å²) >= 11 is 3.35. The molecule has 0 bridgehead atoms. The Balaban J connectivity index is 2.88. The molecule has 1 N–H and O–H groups in total. The maximum absolute atomic E-state index is 8.94. The van der Waals surface area contributed by atoms with E-state index < -0.39 is 0 Å². The quantitative estimate of drug-likeness (QED) is 0.887. The number of halogens is 1. The molecule has 0 aliphatic rings. The Morgan fingerprint density at radius 2 is 2.08 bits per heavy atom. The Kier molecular flexibility index (Phi) is 3.75. The van der Waals surface area contributed by atoms with E-state index in [2.05, 4.69) is 15.9 Å². The van der Waals surface area contributed by atoms with E-state index >= 15 is 0 Å². The predicted molar refractivity (Wildman–Crippen MR) is 55.8 cm³/mol. The predicted octanol–water partition coefficient (Wildman–Crippen LogP) is 2.73. The highest BCUT2D eigenvalue weighted by Crippen LogP contribution is 2.22. The summed E-state index contributed by atoms with van der Waals surface area (Å²) in [5, 5.41) is 8.94. The van der Waals surface area contributed by atoms with Crippen molar-refractivity contribution in [3.63, 3.8) is 0 Å². The highest BCUT2D eigenvalue weighted by Gasteiger charge is 2.01. The van der Waals surface area contributed by atoms with Crippen LogP contribution in [-0.4, -0.2) is 11.2 Å². The second-order valence-corrected chi connectivity index (χ2v) is 4.04. The first kappa shape index (κ1) is 10.5. The van der Waals surface area contributed by atoms with Gasteiger partial charge in [0, 0.05) is 4.47 Å². The van der Waals surface area contributed by atoms with Gasteiger partial charge in [0.05, 0.1) is 12.7 Å². The summed E-state index contributed by atoms with van der Waals surface area (Å²) in [6.45, 7) is 3.98. The molecule has 0 unspecified atom stereocenters. The summed E-state index contributed by atoms with van der Waals surface area (Å²) in [6.07, 6.45) is 0.154. The van der Waals surface area contributed by atoms with Crippen LogP contribution in [0.1, 0.15) is 19.4 Å². The second-order valence-electron chi connectivity index (χ2n) is 3.12. The molecular formula is C10H13BrO2. The average Bonchev–Trinajstić information content (AvgIpc) is 2.01. The van der Waals surface area contributed by atoms with Crippen molar-refractivity contribution < 1.29 is 9.84 Å². The van der Waals surface area contributed by atoms with Gasteiger partial charge in [-0.3, -0.25) is 0 Å². The largest absolute Gasteiger partial charge is 0.491 e. The molecule has 0 spiro atoms. The van der Waals surface area contributed by atoms with Crippen molar-refractivity contribution in [3.05, 3.63) is 28.2 Å². The highest BCUT2D eigenvalue weighted by atomic mass is 79.9. The van der Waals surface area contributed by atoms with Crippen LogP contribution in [0, 0.1) is 0 Å². The Labute approximate surface area is 86.7 Å². The van der Waals surface area contributed by atoms with E-state index in [-0.39, 0.29) is 12.7 Å². The molecule has 1 aromatic carbocycles. The second kappa shape index (κ2) is 4.63. The van der Waals surface area contributed by atoms with Gasteiger partial charge >= 0.3 is 0 Å². The molecule has 1 rings (SSSR count). The van der Waals surface area contributed by atoms with Crippen molar-refractivity contribution in [1.29, 1.82) is 0 Å². The fourth-order valence-corrected chi connectivity index (χ4v) is 1.57. The first-order valence-electron chi connectivity index (χ1n) is 4.19. The molecule has 0 atom stereocenters. The lowest BCUT2D eigenvalue weighted by molar-refractivity contribution is 0.240. The number of benzene rings is 1. The van der Waals surface area contributed by atoms with Crippen LogP contribution in [0.15, 0.2) is 22.7 Å². The van der Waals surface area contributed by atoms with Crippen LogP contribution >= 0.6 is 15.9 Å². The first-order valence-corrected chi connectivity index (χ1v) is 4.98. The van der Waals surface area contributed by atoms with Gasteiger partial charge in [0.15, 0.2) is 0 Å². The molecule has 0 fully saturated rings. The fourth-order valence-electron chi connectivity index (χ4n) is 1.05. The van der Waals surface area contributed by atoms with Crippen molar-refractivity contribution in [1.82, 2.24) is 0 Å². The normalized spacial score (nSPS) is 10.5. The summed E-state index contributed by atoms with van der Waals surface area (Å²) in [7, 11) is 0. The Morgan fingerprint density at radius 1 is 1.38 bits per heavy atom. The number of ether oxygens (including phenoxy) is 1. The number of hydrogen-bond donors (Lipinski definition) is 1. The third-order valence-electron chi connectivity index (χ3n) is 1.49. The van der Waals surface area contributed by atoms with Gasteiger partial charge in [-0.25, -0.2) is 0 Å². The summed E-state index contributed by atoms with van der Waals surface area (Å²) in [5.41, 5.74) is 0.852. The minimum absolute atomic E-state index is 0.0356. The third-order valence-corrected chi connectivity index (χ3v) is 1.94. The molecule has 0 radical (unpaired) electrons. The minimum atomic E-state index is 0.0356. The lowest BCUT2D eigenvalue weighted by Gasteiger charge is -2.10. The lowest BCUT2D eigenvalue weighted by atomic mass is 10.2. The van der Waals surface area contributed by atoms with Crippen LogP contribution in [0.4, 0.5) is 0 Å². The maximum atomic E-state index is 8.94. The zero-order valence-electron chi connectivity index (χ0n) is 7.75. The van der Waals surface area contributed by atoms with Gasteiger partial charge in [0.25, 0.3) is 0 Å². The Bertz CT molecular complexity index is 284. The molecule has 3 heteroatoms. The molecule has 0 aliphatic carbocycles. The molecule has 1 aromatic rings. The van der Waals surface area contributed by atoms with Crippen LogP contribution in [0.5, 0.6) is 5.75 Å². The molecule has 2 nitrogen and oxygen atoms in total. The molecule has 72 valence electrons. The summed E-state index contributed by atoms with van der Waals surface area (Å²) in [5.74, 6) is 0.786. The van der Waals surface area contributed by atoms with E-state index in [9.17, 15) is 0 Å². The van der Waals surface area contributed by atoms with Crippen molar-refractivity contribution >= 4 is 15.9 Å². The zero-order valence-corrected chi connectivity index (χ0v) is 9.34. The lowest BCUT2D eigenvalue weighted by Crippen LogP contribution is -2.05. The molecule has 0 heterocycles. The number of rotatable bonds is 3. The van der Waals surface area contributed by atoms with Crippen LogP contribution in [0.25, 0.3) is 0 Å². The van der Waals surface area contributed by atoms with Gasteiger partial charge in [-0.2, -0.15) is 0 Å². The fraction of sp³-hybridized carbons (Fsp3) is 0.400. The van der Waals surface area contributed by atoms with Gasteiger partial charge in [-0.1, -0.05) is 15.9 Å². The standard InChI is InChI=1S/C10H13BrO2/c1-7(2)13-10-4-8(6-12)3-9(11)5-10/h3-5,7,12H,6H2,1-2H3. The van der Waals surface area contributed by atoms with E-state index in [1.165, 1.54) is 0 Å². The van der Waals surface area contributed by atoms with Gasteiger partial charge < -0.3 is 9.84 Å². The van der Waals surface area contributed by atoms with E-state index in [0.717, 1.165) is 15.8 Å². The van der Waals surface area contributed by atoms with Crippen molar-refractivity contribution in [2.45, 2.75) is 26.6 Å². The number of aliphatic hydroxyl groups is 1. The number of aliphatic hydroxyl groups excluding tert-OH is 1. The highest BCUT2D eigenvalue weighted by molar-refractivity contribution is 9.10. The Hall–Kier alpha value is -0.540. The minimum Gasteiger partial charge on any atom is -0.491 e. The van der Waals surface area contributed by atoms with Crippen LogP contribution < -0.4 is 4.74 Å². The van der Waals surface area contributed by atoms with E-state index in [4.69, 9.17) is 9.84 Å². The average molecular weight is 245 g/mol. The van der Waals surface area contributed by atoms with Crippen LogP contribution in [0.3, 0.4) is 0 Å². The van der Waals surface area contributed by atoms with E-state index in [0.29, 0.717) is 0 Å². The van der Waals surface area contributed by atoms with Gasteiger partial charge in [-0.15, -0.1) is 0 Å². The summed E-state index contributed by atoms with van der Waals surface area (Å²) in [6, 6.07) is 5.59. The van der Waals surface area contributed by atoms with Crippen LogP contribution in [-0.2, 0) is 6.61 Å². The molecule has 0 amide bonds. The third kappa shape index (κ3) is 3.36. The topological polar surface area (TPSA) is 29.5 Å². The van der Waals surface area contributed by atoms with Crippen molar-refractivity contribution in [2.24, 2.45) is 0 Å². The zero-order chi connectivity index (χ0) is 9.84. The van der Waals surface area contributed by atoms with E-state index in [1.807, 2.05) is 32.0 Å². The summed E-state index contributed by atoms with van der Waals surface area (Å²) in [4.78, 5) is 0. The maximum Gasteiger partial charge on any atom is 0.121 e. The van der Waals surface area contributed by atoms with E-state index in [1.54, 1.807) is 0 Å². The van der Waals surface area contributed by atoms with Gasteiger partial charge in [0.1, 0.15) is 5.75 Å². The molecular weight excluding hydrogens is 232 g/mol. The number of hydrogen-bond acceptors (Lipinski definition) is 2. The van der Waals surface area contributed by atoms with Gasteiger partial charge in [0.2, 0.25) is 0 Å². The smallest absolute Gasteiger partial charge is 0.121 e. The monoisotopic (exact) mass is 244 g/mol. The SMILES string of the molecule is CC(C)Oc1cc(Br)cc(CO)c1. The Morgan fingerprint density at radius 3 is 2.62 bits per heavy atom. The van der Waals surface area contributed by atoms with Crippen LogP contribution in [0.2, 0.25) is 0 Å². The molecule has 0 saturated heterocycles. The summed E-state index contributed by atoms with van der Waals surface area (Å²) < 4.78 is 6.42. The van der Waals surface area contributed by atoms with Gasteiger partial charge in [-0.05, 0) is 37.6 Å². The first-order chi connectivity index (χ1) is 6.11. The molecule has 0 aromatic heterocycles.